The van der Waals surface area contributed by atoms with Crippen LogP contribution in [0.3, 0.4) is 0 Å². The number of benzene rings is 1. The Morgan fingerprint density at radius 1 is 1.29 bits per heavy atom. The van der Waals surface area contributed by atoms with Crippen LogP contribution < -0.4 is 11.5 Å². The first-order valence-corrected chi connectivity index (χ1v) is 8.97. The van der Waals surface area contributed by atoms with E-state index >= 15 is 0 Å². The number of amidine groups is 1. The molecule has 1 atom stereocenters. The number of nitrogens with two attached hydrogens (primary N) is 2. The SMILES string of the molecule is NC1=NC(N)(c2ccc(C(=O)N3CCSC3)cc2)CCS1. The molecule has 1 aromatic carbocycles. The van der Waals surface area contributed by atoms with Crippen molar-refractivity contribution in [3.05, 3.63) is 35.4 Å². The number of thioether (sulfide) groups is 2. The quantitative estimate of drug-likeness (QED) is 0.859. The van der Waals surface area contributed by atoms with Crippen LogP contribution in [0.5, 0.6) is 0 Å². The van der Waals surface area contributed by atoms with Crippen LogP contribution in [0.25, 0.3) is 0 Å². The molecule has 2 aliphatic heterocycles. The van der Waals surface area contributed by atoms with Crippen LogP contribution >= 0.6 is 23.5 Å². The maximum absolute atomic E-state index is 12.3. The molecule has 1 amide bonds. The number of carbonyl (C=O) groups excluding carboxylic acids is 1. The number of hydrogen-bond acceptors (Lipinski definition) is 6. The van der Waals surface area contributed by atoms with E-state index in [0.29, 0.717) is 10.7 Å². The van der Waals surface area contributed by atoms with Gasteiger partial charge in [-0.05, 0) is 24.1 Å². The van der Waals surface area contributed by atoms with Crippen molar-refractivity contribution < 1.29 is 4.79 Å². The van der Waals surface area contributed by atoms with Gasteiger partial charge in [-0.15, -0.1) is 11.8 Å². The first kappa shape index (κ1) is 14.7. The highest BCUT2D eigenvalue weighted by Crippen LogP contribution is 2.30. The third-order valence-corrected chi connectivity index (χ3v) is 5.48. The Balaban J connectivity index is 1.80. The number of nitrogens with zero attached hydrogens (tertiary/aromatic N) is 2. The monoisotopic (exact) mass is 322 g/mol. The molecule has 0 aliphatic carbocycles. The van der Waals surface area contributed by atoms with Gasteiger partial charge in [-0.1, -0.05) is 23.9 Å². The predicted molar refractivity (Wildman–Crippen MR) is 89.4 cm³/mol. The Morgan fingerprint density at radius 2 is 2.05 bits per heavy atom. The van der Waals surface area contributed by atoms with E-state index in [1.54, 1.807) is 11.8 Å². The van der Waals surface area contributed by atoms with Crippen molar-refractivity contribution in [2.24, 2.45) is 16.5 Å². The summed E-state index contributed by atoms with van der Waals surface area (Å²) in [7, 11) is 0. The van der Waals surface area contributed by atoms with E-state index in [1.165, 1.54) is 11.8 Å². The molecule has 4 N–H and O–H groups in total. The number of rotatable bonds is 2. The van der Waals surface area contributed by atoms with E-state index in [4.69, 9.17) is 11.5 Å². The van der Waals surface area contributed by atoms with Crippen molar-refractivity contribution in [2.45, 2.75) is 12.1 Å². The summed E-state index contributed by atoms with van der Waals surface area (Å²) in [6, 6.07) is 7.46. The maximum atomic E-state index is 12.3. The topological polar surface area (TPSA) is 84.7 Å². The van der Waals surface area contributed by atoms with Crippen LogP contribution in [0.1, 0.15) is 22.3 Å². The summed E-state index contributed by atoms with van der Waals surface area (Å²) in [4.78, 5) is 18.5. The van der Waals surface area contributed by atoms with Gasteiger partial charge < -0.3 is 16.4 Å². The summed E-state index contributed by atoms with van der Waals surface area (Å²) in [6.45, 7) is 0.824. The molecule has 2 aliphatic rings. The van der Waals surface area contributed by atoms with Crippen molar-refractivity contribution in [2.75, 3.05) is 23.9 Å². The molecule has 1 unspecified atom stereocenters. The fourth-order valence-corrected chi connectivity index (χ4v) is 4.26. The molecular weight excluding hydrogens is 304 g/mol. The smallest absolute Gasteiger partial charge is 0.254 e. The average molecular weight is 322 g/mol. The van der Waals surface area contributed by atoms with Gasteiger partial charge in [0.25, 0.3) is 5.91 Å². The lowest BCUT2D eigenvalue weighted by molar-refractivity contribution is 0.0802. The number of hydrogen-bond donors (Lipinski definition) is 2. The lowest BCUT2D eigenvalue weighted by atomic mass is 9.96. The van der Waals surface area contributed by atoms with Gasteiger partial charge in [-0.25, -0.2) is 4.99 Å². The highest BCUT2D eigenvalue weighted by molar-refractivity contribution is 8.13. The molecule has 7 heteroatoms. The zero-order valence-corrected chi connectivity index (χ0v) is 13.3. The van der Waals surface area contributed by atoms with Gasteiger partial charge in [-0.3, -0.25) is 4.79 Å². The highest BCUT2D eigenvalue weighted by Gasteiger charge is 2.30. The molecule has 0 radical (unpaired) electrons. The van der Waals surface area contributed by atoms with Gasteiger partial charge in [0.2, 0.25) is 0 Å². The summed E-state index contributed by atoms with van der Waals surface area (Å²) in [6.07, 6.45) is 0.744. The third-order valence-electron chi connectivity index (χ3n) is 3.71. The van der Waals surface area contributed by atoms with Gasteiger partial charge in [0.05, 0.1) is 5.88 Å². The molecule has 3 rings (SSSR count). The average Bonchev–Trinajstić information content (AvgIpc) is 3.00. The van der Waals surface area contributed by atoms with Crippen molar-refractivity contribution in [1.29, 1.82) is 0 Å². The van der Waals surface area contributed by atoms with Crippen LogP contribution in [0, 0.1) is 0 Å². The lowest BCUT2D eigenvalue weighted by Crippen LogP contribution is -2.40. The first-order chi connectivity index (χ1) is 10.1. The first-order valence-electron chi connectivity index (χ1n) is 6.83. The number of carbonyl (C=O) groups is 1. The zero-order chi connectivity index (χ0) is 14.9. The third kappa shape index (κ3) is 3.04. The van der Waals surface area contributed by atoms with E-state index in [0.717, 1.165) is 35.9 Å². The van der Waals surface area contributed by atoms with E-state index < -0.39 is 5.66 Å². The fraction of sp³-hybridized carbons (Fsp3) is 0.429. The molecule has 1 fully saturated rings. The Hall–Kier alpha value is -1.18. The Kier molecular flexibility index (Phi) is 4.14. The van der Waals surface area contributed by atoms with E-state index in [9.17, 15) is 4.79 Å². The van der Waals surface area contributed by atoms with Gasteiger partial charge in [0.15, 0.2) is 5.17 Å². The molecule has 5 nitrogen and oxygen atoms in total. The molecular formula is C14H18N4OS2. The minimum absolute atomic E-state index is 0.0832. The molecule has 2 heterocycles. The van der Waals surface area contributed by atoms with Crippen molar-refractivity contribution in [1.82, 2.24) is 4.90 Å². The molecule has 0 bridgehead atoms. The van der Waals surface area contributed by atoms with Crippen molar-refractivity contribution in [3.63, 3.8) is 0 Å². The lowest BCUT2D eigenvalue weighted by Gasteiger charge is -2.29. The zero-order valence-electron chi connectivity index (χ0n) is 11.6. The standard InChI is InChI=1S/C14H18N4OS2/c15-13-17-14(16,5-7-21-13)11-3-1-10(2-4-11)12(19)18-6-8-20-9-18/h1-4H,5-9,16H2,(H2,15,17). The minimum atomic E-state index is -0.763. The van der Waals surface area contributed by atoms with Crippen molar-refractivity contribution in [3.8, 4) is 0 Å². The molecule has 1 saturated heterocycles. The fourth-order valence-electron chi connectivity index (χ4n) is 2.46. The van der Waals surface area contributed by atoms with Crippen molar-refractivity contribution >= 4 is 34.6 Å². The highest BCUT2D eigenvalue weighted by atomic mass is 32.2. The van der Waals surface area contributed by atoms with Gasteiger partial charge in [0.1, 0.15) is 5.66 Å². The second-order valence-corrected chi connectivity index (χ2v) is 7.35. The molecule has 1 aromatic rings. The normalized spacial score (nSPS) is 25.8. The number of aliphatic imine (C=N–C) groups is 1. The molecule has 0 saturated carbocycles. The molecule has 112 valence electrons. The van der Waals surface area contributed by atoms with E-state index in [2.05, 4.69) is 4.99 Å². The number of amides is 1. The van der Waals surface area contributed by atoms with Gasteiger partial charge in [0, 0.05) is 23.6 Å². The Morgan fingerprint density at radius 3 is 2.67 bits per heavy atom. The summed E-state index contributed by atoms with van der Waals surface area (Å²) < 4.78 is 0. The second-order valence-electron chi connectivity index (χ2n) is 5.16. The van der Waals surface area contributed by atoms with Gasteiger partial charge in [-0.2, -0.15) is 0 Å². The minimum Gasteiger partial charge on any atom is -0.378 e. The molecule has 0 aromatic heterocycles. The van der Waals surface area contributed by atoms with E-state index in [1.807, 2.05) is 29.2 Å². The maximum Gasteiger partial charge on any atom is 0.254 e. The van der Waals surface area contributed by atoms with Crippen LogP contribution in [0.4, 0.5) is 0 Å². The van der Waals surface area contributed by atoms with E-state index in [-0.39, 0.29) is 5.91 Å². The van der Waals surface area contributed by atoms with Crippen LogP contribution in [0.2, 0.25) is 0 Å². The molecule has 21 heavy (non-hydrogen) atoms. The predicted octanol–water partition coefficient (Wildman–Crippen LogP) is 1.40. The molecule has 0 spiro atoms. The summed E-state index contributed by atoms with van der Waals surface area (Å²) in [5, 5.41) is 0.526. The Labute approximate surface area is 132 Å². The summed E-state index contributed by atoms with van der Waals surface area (Å²) in [5.74, 6) is 2.73. The Bertz CT molecular complexity index is 569. The van der Waals surface area contributed by atoms with Crippen LogP contribution in [-0.2, 0) is 5.66 Å². The largest absolute Gasteiger partial charge is 0.378 e. The second kappa shape index (κ2) is 5.90. The summed E-state index contributed by atoms with van der Waals surface area (Å²) in [5.41, 5.74) is 13.0. The van der Waals surface area contributed by atoms with Gasteiger partial charge >= 0.3 is 0 Å². The van der Waals surface area contributed by atoms with Crippen LogP contribution in [0.15, 0.2) is 29.3 Å². The van der Waals surface area contributed by atoms with Crippen LogP contribution in [-0.4, -0.2) is 39.9 Å². The summed E-state index contributed by atoms with van der Waals surface area (Å²) >= 11 is 3.31.